The molecular weight excluding hydrogens is 132 g/mol. The highest BCUT2D eigenvalue weighted by molar-refractivity contribution is 6.10. The fourth-order valence-corrected chi connectivity index (χ4v) is 0.626. The van der Waals surface area contributed by atoms with E-state index in [2.05, 4.69) is 4.79 Å². The number of carboxylic acid groups (broad SMARTS) is 1. The summed E-state index contributed by atoms with van der Waals surface area (Å²) in [6.45, 7) is 0. The van der Waals surface area contributed by atoms with E-state index in [9.17, 15) is 4.79 Å². The molecule has 0 atom stereocenters. The van der Waals surface area contributed by atoms with Crippen molar-refractivity contribution in [3.63, 3.8) is 0 Å². The normalized spacial score (nSPS) is 14.8. The smallest absolute Gasteiger partial charge is 0.335 e. The van der Waals surface area contributed by atoms with E-state index in [1.54, 1.807) is 0 Å². The highest BCUT2D eigenvalue weighted by Crippen LogP contribution is 2.04. The number of hydrogen-bond acceptors (Lipinski definition) is 1. The molecule has 0 aromatic heterocycles. The zero-order chi connectivity index (χ0) is 7.56. The van der Waals surface area contributed by atoms with Crippen molar-refractivity contribution < 1.29 is 14.7 Å². The number of hydrogen-bond donors (Lipinski definition) is 1. The Balaban J connectivity index is 2.98. The van der Waals surface area contributed by atoms with Crippen molar-refractivity contribution >= 4 is 11.7 Å². The Kier molecular flexibility index (Phi) is 1.48. The zero-order valence-electron chi connectivity index (χ0n) is 4.98. The Labute approximate surface area is 56.7 Å². The topological polar surface area (TPSA) is 73.7 Å². The highest BCUT2D eigenvalue weighted by Gasteiger charge is 2.13. The van der Waals surface area contributed by atoms with E-state index in [1.165, 1.54) is 18.2 Å². The van der Waals surface area contributed by atoms with Gasteiger partial charge in [-0.25, -0.2) is 4.79 Å². The molecule has 0 fully saturated rings. The molecule has 50 valence electrons. The minimum Gasteiger partial charge on any atom is -0.478 e. The summed E-state index contributed by atoms with van der Waals surface area (Å²) in [4.78, 5) is 13.0. The SMILES string of the molecule is [N-]=[N+]=C1C=CC(C(=O)O)=C1. The van der Waals surface area contributed by atoms with Crippen LogP contribution in [0.4, 0.5) is 0 Å². The molecule has 1 aliphatic rings. The zero-order valence-corrected chi connectivity index (χ0v) is 4.98. The van der Waals surface area contributed by atoms with Crippen LogP contribution in [0.5, 0.6) is 0 Å². The maximum absolute atomic E-state index is 10.2. The maximum atomic E-state index is 10.2. The number of rotatable bonds is 1. The lowest BCUT2D eigenvalue weighted by molar-refractivity contribution is -0.132. The second kappa shape index (κ2) is 2.29. The Morgan fingerprint density at radius 3 is 2.60 bits per heavy atom. The molecule has 0 heterocycles. The fraction of sp³-hybridized carbons (Fsp3) is 0. The van der Waals surface area contributed by atoms with Gasteiger partial charge in [-0.1, -0.05) is 0 Å². The molecule has 0 aliphatic heterocycles. The van der Waals surface area contributed by atoms with Crippen molar-refractivity contribution in [2.45, 2.75) is 0 Å². The predicted octanol–water partition coefficient (Wildman–Crippen LogP) is 0.238. The standard InChI is InChI=1S/C6H4N2O2/c7-8-5-2-1-4(3-5)6(9)10/h1-3H,(H,9,10). The lowest BCUT2D eigenvalue weighted by Crippen LogP contribution is -1.95. The van der Waals surface area contributed by atoms with Crippen LogP contribution >= 0.6 is 0 Å². The molecule has 0 aromatic carbocycles. The summed E-state index contributed by atoms with van der Waals surface area (Å²) in [6, 6.07) is 0. The number of aliphatic carboxylic acids is 1. The molecule has 1 rings (SSSR count). The van der Waals surface area contributed by atoms with Crippen molar-refractivity contribution in [2.24, 2.45) is 0 Å². The quantitative estimate of drug-likeness (QED) is 0.414. The lowest BCUT2D eigenvalue weighted by atomic mass is 10.3. The first-order chi connectivity index (χ1) is 4.74. The molecule has 1 N–H and O–H groups in total. The van der Waals surface area contributed by atoms with Crippen LogP contribution in [0.25, 0.3) is 5.53 Å². The first kappa shape index (κ1) is 6.45. The average Bonchev–Trinajstić information content (AvgIpc) is 2.34. The van der Waals surface area contributed by atoms with Crippen LogP contribution in [0.1, 0.15) is 0 Å². The third kappa shape index (κ3) is 1.01. The average molecular weight is 136 g/mol. The van der Waals surface area contributed by atoms with Gasteiger partial charge in [0.2, 0.25) is 0 Å². The largest absolute Gasteiger partial charge is 0.478 e. The van der Waals surface area contributed by atoms with Crippen molar-refractivity contribution in [2.75, 3.05) is 0 Å². The van der Waals surface area contributed by atoms with E-state index in [0.29, 0.717) is 0 Å². The van der Waals surface area contributed by atoms with Crippen molar-refractivity contribution in [3.05, 3.63) is 29.3 Å². The van der Waals surface area contributed by atoms with Crippen LogP contribution in [0.15, 0.2) is 23.8 Å². The molecule has 0 amide bonds. The minimum atomic E-state index is -1.02. The summed E-state index contributed by atoms with van der Waals surface area (Å²) in [5, 5.41) is 8.37. The molecule has 0 bridgehead atoms. The van der Waals surface area contributed by atoms with Crippen LogP contribution < -0.4 is 0 Å². The predicted molar refractivity (Wildman–Crippen MR) is 33.5 cm³/mol. The third-order valence-electron chi connectivity index (χ3n) is 1.10. The van der Waals surface area contributed by atoms with Crippen LogP contribution in [0.3, 0.4) is 0 Å². The van der Waals surface area contributed by atoms with Gasteiger partial charge in [0, 0.05) is 12.2 Å². The molecule has 4 heteroatoms. The van der Waals surface area contributed by atoms with E-state index in [0.717, 1.165) is 0 Å². The first-order valence-electron chi connectivity index (χ1n) is 2.59. The van der Waals surface area contributed by atoms with E-state index in [-0.39, 0.29) is 11.3 Å². The van der Waals surface area contributed by atoms with Crippen molar-refractivity contribution in [3.8, 4) is 0 Å². The molecular formula is C6H4N2O2. The van der Waals surface area contributed by atoms with Gasteiger partial charge >= 0.3 is 11.7 Å². The molecule has 0 saturated heterocycles. The second-order valence-electron chi connectivity index (χ2n) is 1.76. The summed E-state index contributed by atoms with van der Waals surface area (Å²) in [7, 11) is 0. The number of allylic oxidation sites excluding steroid dienone is 2. The molecule has 1 aliphatic carbocycles. The summed E-state index contributed by atoms with van der Waals surface area (Å²) >= 11 is 0. The van der Waals surface area contributed by atoms with E-state index in [1.807, 2.05) is 0 Å². The van der Waals surface area contributed by atoms with E-state index < -0.39 is 5.97 Å². The van der Waals surface area contributed by atoms with Gasteiger partial charge < -0.3 is 10.6 Å². The fourth-order valence-electron chi connectivity index (χ4n) is 0.626. The van der Waals surface area contributed by atoms with Gasteiger partial charge in [0.05, 0.1) is 5.57 Å². The second-order valence-corrected chi connectivity index (χ2v) is 1.76. The summed E-state index contributed by atoms with van der Waals surface area (Å²) in [5.41, 5.74) is 8.56. The molecule has 0 saturated carbocycles. The Morgan fingerprint density at radius 2 is 2.30 bits per heavy atom. The van der Waals surface area contributed by atoms with Gasteiger partial charge in [0.15, 0.2) is 0 Å². The maximum Gasteiger partial charge on any atom is 0.335 e. The van der Waals surface area contributed by atoms with E-state index in [4.69, 9.17) is 10.6 Å². The summed E-state index contributed by atoms with van der Waals surface area (Å²) in [5.74, 6) is -1.02. The molecule has 0 aromatic rings. The molecule has 10 heavy (non-hydrogen) atoms. The Hall–Kier alpha value is -1.67. The van der Waals surface area contributed by atoms with Crippen LogP contribution in [-0.4, -0.2) is 21.6 Å². The van der Waals surface area contributed by atoms with Gasteiger partial charge in [-0.05, 0) is 6.08 Å². The van der Waals surface area contributed by atoms with Crippen LogP contribution in [-0.2, 0) is 4.79 Å². The molecule has 0 unspecified atom stereocenters. The lowest BCUT2D eigenvalue weighted by Gasteiger charge is -1.81. The molecule has 0 radical (unpaired) electrons. The van der Waals surface area contributed by atoms with Crippen LogP contribution in [0, 0.1) is 0 Å². The number of nitrogens with zero attached hydrogens (tertiary/aromatic N) is 2. The highest BCUT2D eigenvalue weighted by atomic mass is 16.4. The van der Waals surface area contributed by atoms with Gasteiger partial charge in [0.25, 0.3) is 0 Å². The minimum absolute atomic E-state index is 0.132. The van der Waals surface area contributed by atoms with Crippen molar-refractivity contribution in [1.29, 1.82) is 0 Å². The molecule has 4 nitrogen and oxygen atoms in total. The summed E-state index contributed by atoms with van der Waals surface area (Å²) in [6.07, 6.45) is 4.07. The Bertz CT molecular complexity index is 282. The Morgan fingerprint density at radius 1 is 1.60 bits per heavy atom. The monoisotopic (exact) mass is 136 g/mol. The van der Waals surface area contributed by atoms with E-state index >= 15 is 0 Å². The van der Waals surface area contributed by atoms with Crippen LogP contribution in [0.2, 0.25) is 0 Å². The molecule has 0 spiro atoms. The van der Waals surface area contributed by atoms with Gasteiger partial charge in [0.1, 0.15) is 0 Å². The van der Waals surface area contributed by atoms with Gasteiger partial charge in [-0.15, -0.1) is 0 Å². The summed E-state index contributed by atoms with van der Waals surface area (Å²) < 4.78 is 0. The third-order valence-corrected chi connectivity index (χ3v) is 1.10. The van der Waals surface area contributed by atoms with Gasteiger partial charge in [-0.2, -0.15) is 4.79 Å². The number of carboxylic acids is 1. The first-order valence-corrected chi connectivity index (χ1v) is 2.59. The van der Waals surface area contributed by atoms with Gasteiger partial charge in [-0.3, -0.25) is 0 Å². The van der Waals surface area contributed by atoms with Crippen molar-refractivity contribution in [1.82, 2.24) is 0 Å². The number of carbonyl (C=O) groups is 1.